The molecule has 0 saturated heterocycles. The third-order valence-corrected chi connectivity index (χ3v) is 4.72. The third-order valence-electron chi connectivity index (χ3n) is 4.72. The molecule has 1 N–H and O–H groups in total. The molecule has 1 heterocycles. The van der Waals surface area contributed by atoms with E-state index in [-0.39, 0.29) is 12.0 Å². The van der Waals surface area contributed by atoms with Gasteiger partial charge >= 0.3 is 0 Å². The van der Waals surface area contributed by atoms with E-state index in [2.05, 4.69) is 10.1 Å². The first-order chi connectivity index (χ1) is 9.34. The largest absolute Gasteiger partial charge is 0.392 e. The molecule has 0 aliphatic heterocycles. The van der Waals surface area contributed by atoms with Crippen molar-refractivity contribution in [3.8, 4) is 0 Å². The predicted octanol–water partition coefficient (Wildman–Crippen LogP) is 3.53. The zero-order chi connectivity index (χ0) is 13.1. The fraction of sp³-hybridized carbons (Fsp3) is 0.867. The van der Waals surface area contributed by atoms with E-state index in [4.69, 9.17) is 4.52 Å². The summed E-state index contributed by atoms with van der Waals surface area (Å²) in [6.07, 6.45) is 11.3. The van der Waals surface area contributed by atoms with Gasteiger partial charge in [0.05, 0.1) is 12.0 Å². The molecule has 19 heavy (non-hydrogen) atoms. The second-order valence-electron chi connectivity index (χ2n) is 6.14. The summed E-state index contributed by atoms with van der Waals surface area (Å²) in [4.78, 5) is 4.61. The maximum Gasteiger partial charge on any atom is 0.232 e. The molecule has 2 aliphatic rings. The average Bonchev–Trinajstić information content (AvgIpc) is 2.83. The highest BCUT2D eigenvalue weighted by atomic mass is 16.5. The predicted molar refractivity (Wildman–Crippen MR) is 72.0 cm³/mol. The van der Waals surface area contributed by atoms with Crippen molar-refractivity contribution in [3.63, 3.8) is 0 Å². The fourth-order valence-electron chi connectivity index (χ4n) is 3.50. The van der Waals surface area contributed by atoms with E-state index in [1.807, 2.05) is 0 Å². The summed E-state index contributed by atoms with van der Waals surface area (Å²) in [6, 6.07) is 0. The minimum Gasteiger partial charge on any atom is -0.392 e. The second kappa shape index (κ2) is 6.04. The molecule has 4 heteroatoms. The van der Waals surface area contributed by atoms with Gasteiger partial charge in [0.1, 0.15) is 0 Å². The quantitative estimate of drug-likeness (QED) is 0.830. The van der Waals surface area contributed by atoms with E-state index in [1.54, 1.807) is 0 Å². The normalized spacial score (nSPS) is 30.2. The van der Waals surface area contributed by atoms with E-state index in [9.17, 15) is 5.11 Å². The Labute approximate surface area is 114 Å². The van der Waals surface area contributed by atoms with Crippen LogP contribution >= 0.6 is 0 Å². The Balaban J connectivity index is 1.72. The third kappa shape index (κ3) is 2.99. The molecule has 2 saturated carbocycles. The lowest BCUT2D eigenvalue weighted by Gasteiger charge is -2.18. The smallest absolute Gasteiger partial charge is 0.232 e. The van der Waals surface area contributed by atoms with Crippen LogP contribution in [0.3, 0.4) is 0 Å². The van der Waals surface area contributed by atoms with Crippen molar-refractivity contribution >= 4 is 0 Å². The minimum absolute atomic E-state index is 0.0624. The molecule has 0 bridgehead atoms. The van der Waals surface area contributed by atoms with Crippen LogP contribution in [0, 0.1) is 0 Å². The molecule has 1 aromatic heterocycles. The molecule has 2 atom stereocenters. The number of aromatic nitrogens is 2. The summed E-state index contributed by atoms with van der Waals surface area (Å²) in [5.41, 5.74) is 0. The monoisotopic (exact) mass is 264 g/mol. The van der Waals surface area contributed by atoms with E-state index in [1.165, 1.54) is 38.5 Å². The van der Waals surface area contributed by atoms with Crippen LogP contribution in [0.15, 0.2) is 4.52 Å². The van der Waals surface area contributed by atoms with Crippen molar-refractivity contribution in [1.82, 2.24) is 10.1 Å². The number of nitrogens with zero attached hydrogens (tertiary/aromatic N) is 2. The van der Waals surface area contributed by atoms with Crippen LogP contribution < -0.4 is 0 Å². The first kappa shape index (κ1) is 13.1. The molecule has 0 amide bonds. The van der Waals surface area contributed by atoms with Gasteiger partial charge in [-0.25, -0.2) is 0 Å². The van der Waals surface area contributed by atoms with Gasteiger partial charge in [-0.2, -0.15) is 4.98 Å². The van der Waals surface area contributed by atoms with Crippen LogP contribution in [0.1, 0.15) is 87.8 Å². The van der Waals surface area contributed by atoms with Crippen LogP contribution in [0.4, 0.5) is 0 Å². The van der Waals surface area contributed by atoms with E-state index < -0.39 is 0 Å². The molecule has 2 aliphatic carbocycles. The van der Waals surface area contributed by atoms with Gasteiger partial charge in [-0.3, -0.25) is 0 Å². The maximum atomic E-state index is 10.2. The minimum atomic E-state index is -0.304. The van der Waals surface area contributed by atoms with Gasteiger partial charge in [0.2, 0.25) is 5.89 Å². The van der Waals surface area contributed by atoms with Crippen LogP contribution in [0.25, 0.3) is 0 Å². The lowest BCUT2D eigenvalue weighted by atomic mass is 9.89. The molecule has 0 radical (unpaired) electrons. The average molecular weight is 264 g/mol. The van der Waals surface area contributed by atoms with Crippen molar-refractivity contribution in [1.29, 1.82) is 0 Å². The van der Waals surface area contributed by atoms with Gasteiger partial charge in [-0.15, -0.1) is 0 Å². The molecule has 2 unspecified atom stereocenters. The van der Waals surface area contributed by atoms with Crippen LogP contribution in [0.2, 0.25) is 0 Å². The lowest BCUT2D eigenvalue weighted by molar-refractivity contribution is 0.119. The maximum absolute atomic E-state index is 10.2. The van der Waals surface area contributed by atoms with Crippen LogP contribution in [0.5, 0.6) is 0 Å². The highest BCUT2D eigenvalue weighted by molar-refractivity contribution is 5.02. The van der Waals surface area contributed by atoms with Crippen molar-refractivity contribution < 1.29 is 9.63 Å². The zero-order valence-corrected chi connectivity index (χ0v) is 11.6. The van der Waals surface area contributed by atoms with Gasteiger partial charge in [-0.1, -0.05) is 43.7 Å². The molecule has 106 valence electrons. The SMILES string of the molecule is OC1CCCCCC1c1nc(C2CCCCC2)no1. The molecule has 3 rings (SSSR count). The van der Waals surface area contributed by atoms with Crippen molar-refractivity contribution in [2.24, 2.45) is 0 Å². The molecule has 1 aromatic rings. The highest BCUT2D eigenvalue weighted by Gasteiger charge is 2.29. The molecular weight excluding hydrogens is 240 g/mol. The number of aliphatic hydroxyl groups excluding tert-OH is 1. The van der Waals surface area contributed by atoms with Gasteiger partial charge in [0.25, 0.3) is 0 Å². The molecular formula is C15H24N2O2. The van der Waals surface area contributed by atoms with E-state index in [0.29, 0.717) is 11.8 Å². The Morgan fingerprint density at radius 1 is 0.895 bits per heavy atom. The Morgan fingerprint density at radius 2 is 1.58 bits per heavy atom. The Bertz CT molecular complexity index is 399. The van der Waals surface area contributed by atoms with Gasteiger partial charge < -0.3 is 9.63 Å². The van der Waals surface area contributed by atoms with Gasteiger partial charge in [0.15, 0.2) is 5.82 Å². The van der Waals surface area contributed by atoms with Crippen molar-refractivity contribution in [3.05, 3.63) is 11.7 Å². The zero-order valence-electron chi connectivity index (χ0n) is 11.6. The van der Waals surface area contributed by atoms with Crippen LogP contribution in [-0.4, -0.2) is 21.4 Å². The Hall–Kier alpha value is -0.900. The molecule has 0 aromatic carbocycles. The number of aliphatic hydroxyl groups is 1. The van der Waals surface area contributed by atoms with Gasteiger partial charge in [-0.05, 0) is 25.7 Å². The standard InChI is InChI=1S/C15H24N2O2/c18-13-10-6-2-5-9-12(13)15-16-14(17-19-15)11-7-3-1-4-8-11/h11-13,18H,1-10H2. The lowest BCUT2D eigenvalue weighted by Crippen LogP contribution is -2.17. The first-order valence-corrected chi connectivity index (χ1v) is 7.86. The molecule has 2 fully saturated rings. The topological polar surface area (TPSA) is 59.2 Å². The summed E-state index contributed by atoms with van der Waals surface area (Å²) in [5.74, 6) is 2.10. The van der Waals surface area contributed by atoms with Crippen LogP contribution in [-0.2, 0) is 0 Å². The van der Waals surface area contributed by atoms with Crippen molar-refractivity contribution in [2.45, 2.75) is 82.1 Å². The van der Waals surface area contributed by atoms with Gasteiger partial charge in [0, 0.05) is 5.92 Å². The fourth-order valence-corrected chi connectivity index (χ4v) is 3.50. The Morgan fingerprint density at radius 3 is 2.37 bits per heavy atom. The summed E-state index contributed by atoms with van der Waals surface area (Å²) < 4.78 is 5.46. The number of rotatable bonds is 2. The van der Waals surface area contributed by atoms with E-state index >= 15 is 0 Å². The summed E-state index contributed by atoms with van der Waals surface area (Å²) >= 11 is 0. The number of hydrogen-bond acceptors (Lipinski definition) is 4. The second-order valence-corrected chi connectivity index (χ2v) is 6.14. The highest BCUT2D eigenvalue weighted by Crippen LogP contribution is 2.34. The molecule has 4 nitrogen and oxygen atoms in total. The first-order valence-electron chi connectivity index (χ1n) is 7.86. The summed E-state index contributed by atoms with van der Waals surface area (Å²) in [7, 11) is 0. The Kier molecular flexibility index (Phi) is 4.16. The van der Waals surface area contributed by atoms with E-state index in [0.717, 1.165) is 31.5 Å². The summed E-state index contributed by atoms with van der Waals surface area (Å²) in [6.45, 7) is 0. The number of hydrogen-bond donors (Lipinski definition) is 1. The summed E-state index contributed by atoms with van der Waals surface area (Å²) in [5, 5.41) is 14.4. The molecule has 0 spiro atoms. The van der Waals surface area contributed by atoms with Crippen molar-refractivity contribution in [2.75, 3.05) is 0 Å².